The van der Waals surface area contributed by atoms with Gasteiger partial charge >= 0.3 is 6.18 Å². The third kappa shape index (κ3) is 3.12. The molecule has 0 amide bonds. The largest absolute Gasteiger partial charge is 0.416 e. The van der Waals surface area contributed by atoms with Crippen molar-refractivity contribution in [3.8, 4) is 0 Å². The summed E-state index contributed by atoms with van der Waals surface area (Å²) in [5.41, 5.74) is -0.0935. The van der Waals surface area contributed by atoms with E-state index in [1.165, 1.54) is 6.07 Å². The second-order valence-corrected chi connectivity index (χ2v) is 4.81. The number of aldehydes is 1. The van der Waals surface area contributed by atoms with Crippen LogP contribution < -0.4 is 4.90 Å². The molecule has 20 heavy (non-hydrogen) atoms. The lowest BCUT2D eigenvalue weighted by molar-refractivity contribution is -0.137. The van der Waals surface area contributed by atoms with Crippen molar-refractivity contribution in [2.75, 3.05) is 37.6 Å². The van der Waals surface area contributed by atoms with Gasteiger partial charge in [-0.1, -0.05) is 6.92 Å². The number of benzene rings is 1. The Hall–Kier alpha value is -1.56. The molecule has 0 atom stereocenters. The van der Waals surface area contributed by atoms with Gasteiger partial charge in [0.15, 0.2) is 6.29 Å². The SMILES string of the molecule is CCN1CCN(c2ccc(C(F)(F)F)cc2C=O)CC1. The van der Waals surface area contributed by atoms with Gasteiger partial charge in [0.2, 0.25) is 0 Å². The van der Waals surface area contributed by atoms with Crippen molar-refractivity contribution in [1.82, 2.24) is 4.90 Å². The number of likely N-dealkylation sites (N-methyl/N-ethyl adjacent to an activating group) is 1. The molecule has 0 aromatic heterocycles. The topological polar surface area (TPSA) is 23.6 Å². The number of halogens is 3. The van der Waals surface area contributed by atoms with Crippen LogP contribution in [0.1, 0.15) is 22.8 Å². The minimum atomic E-state index is -4.42. The molecule has 1 saturated heterocycles. The van der Waals surface area contributed by atoms with Gasteiger partial charge in [0.25, 0.3) is 0 Å². The molecule has 1 heterocycles. The number of rotatable bonds is 3. The molecule has 6 heteroatoms. The minimum absolute atomic E-state index is 0.102. The number of piperazine rings is 1. The third-order valence-electron chi connectivity index (χ3n) is 3.64. The van der Waals surface area contributed by atoms with E-state index in [-0.39, 0.29) is 5.56 Å². The van der Waals surface area contributed by atoms with Crippen molar-refractivity contribution in [3.05, 3.63) is 29.3 Å². The summed E-state index contributed by atoms with van der Waals surface area (Å²) >= 11 is 0. The van der Waals surface area contributed by atoms with E-state index in [1.54, 1.807) is 0 Å². The summed E-state index contributed by atoms with van der Waals surface area (Å²) in [5.74, 6) is 0. The summed E-state index contributed by atoms with van der Waals surface area (Å²) in [6, 6.07) is 3.36. The fourth-order valence-corrected chi connectivity index (χ4v) is 2.42. The molecule has 0 bridgehead atoms. The number of anilines is 1. The van der Waals surface area contributed by atoms with Gasteiger partial charge in [-0.2, -0.15) is 13.2 Å². The smallest absolute Gasteiger partial charge is 0.368 e. The maximum Gasteiger partial charge on any atom is 0.416 e. The van der Waals surface area contributed by atoms with Crippen LogP contribution >= 0.6 is 0 Å². The molecule has 1 fully saturated rings. The lowest BCUT2D eigenvalue weighted by Gasteiger charge is -2.36. The Morgan fingerprint density at radius 1 is 1.20 bits per heavy atom. The minimum Gasteiger partial charge on any atom is -0.368 e. The quantitative estimate of drug-likeness (QED) is 0.798. The van der Waals surface area contributed by atoms with Crippen molar-refractivity contribution < 1.29 is 18.0 Å². The molecule has 0 unspecified atom stereocenters. The number of hydrogen-bond donors (Lipinski definition) is 0. The number of carbonyl (C=O) groups excluding carboxylic acids is 1. The van der Waals surface area contributed by atoms with Crippen molar-refractivity contribution in [2.24, 2.45) is 0 Å². The average Bonchev–Trinajstić information content (AvgIpc) is 2.45. The van der Waals surface area contributed by atoms with Crippen LogP contribution in [0.3, 0.4) is 0 Å². The Kier molecular flexibility index (Phi) is 4.32. The maximum atomic E-state index is 12.6. The molecule has 110 valence electrons. The lowest BCUT2D eigenvalue weighted by Crippen LogP contribution is -2.46. The first-order valence-electron chi connectivity index (χ1n) is 6.59. The first-order chi connectivity index (χ1) is 9.45. The van der Waals surface area contributed by atoms with E-state index in [1.807, 2.05) is 4.90 Å². The standard InChI is InChI=1S/C14H17F3N2O/c1-2-18-5-7-19(8-6-18)13-4-3-12(14(15,16)17)9-11(13)10-20/h3-4,9-10H,2,5-8H2,1H3. The summed E-state index contributed by atoms with van der Waals surface area (Å²) in [5, 5.41) is 0. The second kappa shape index (κ2) is 5.83. The van der Waals surface area contributed by atoms with Crippen LogP contribution in [0.25, 0.3) is 0 Å². The van der Waals surface area contributed by atoms with E-state index in [0.29, 0.717) is 12.0 Å². The Bertz CT molecular complexity index is 480. The van der Waals surface area contributed by atoms with Crippen molar-refractivity contribution in [3.63, 3.8) is 0 Å². The predicted molar refractivity (Wildman–Crippen MR) is 71.2 cm³/mol. The summed E-state index contributed by atoms with van der Waals surface area (Å²) in [7, 11) is 0. The van der Waals surface area contributed by atoms with E-state index >= 15 is 0 Å². The Labute approximate surface area is 116 Å². The van der Waals surface area contributed by atoms with Gasteiger partial charge in [0, 0.05) is 37.4 Å². The predicted octanol–water partition coefficient (Wildman–Crippen LogP) is 2.66. The van der Waals surface area contributed by atoms with E-state index in [4.69, 9.17) is 0 Å². The van der Waals surface area contributed by atoms with Crippen LogP contribution in [0.15, 0.2) is 18.2 Å². The molecular formula is C14H17F3N2O. The molecule has 1 aromatic carbocycles. The summed E-state index contributed by atoms with van der Waals surface area (Å²) < 4.78 is 37.9. The number of carbonyl (C=O) groups is 1. The first-order valence-corrected chi connectivity index (χ1v) is 6.59. The van der Waals surface area contributed by atoms with Crippen molar-refractivity contribution in [2.45, 2.75) is 13.1 Å². The van der Waals surface area contributed by atoms with Gasteiger partial charge in [-0.3, -0.25) is 4.79 Å². The number of alkyl halides is 3. The summed E-state index contributed by atoms with van der Waals surface area (Å²) in [6.45, 7) is 6.19. The normalized spacial score (nSPS) is 17.3. The molecule has 1 aromatic rings. The van der Waals surface area contributed by atoms with Gasteiger partial charge < -0.3 is 9.80 Å². The molecule has 0 spiro atoms. The van der Waals surface area contributed by atoms with Crippen molar-refractivity contribution in [1.29, 1.82) is 0 Å². The average molecular weight is 286 g/mol. The van der Waals surface area contributed by atoms with Crippen molar-refractivity contribution >= 4 is 12.0 Å². The van der Waals surface area contributed by atoms with Gasteiger partial charge in [-0.25, -0.2) is 0 Å². The molecule has 0 N–H and O–H groups in total. The van der Waals surface area contributed by atoms with Crippen LogP contribution in [-0.2, 0) is 6.18 Å². The third-order valence-corrected chi connectivity index (χ3v) is 3.64. The van der Waals surface area contributed by atoms with Crippen LogP contribution in [0, 0.1) is 0 Å². The molecule has 2 rings (SSSR count). The zero-order valence-corrected chi connectivity index (χ0v) is 11.3. The van der Waals surface area contributed by atoms with Gasteiger partial charge in [-0.15, -0.1) is 0 Å². The van der Waals surface area contributed by atoms with E-state index in [0.717, 1.165) is 44.9 Å². The van der Waals surface area contributed by atoms with Crippen LogP contribution in [0.4, 0.5) is 18.9 Å². The van der Waals surface area contributed by atoms with Gasteiger partial charge in [-0.05, 0) is 24.7 Å². The fourth-order valence-electron chi connectivity index (χ4n) is 2.42. The van der Waals surface area contributed by atoms with Crippen LogP contribution in [0.5, 0.6) is 0 Å². The Morgan fingerprint density at radius 2 is 1.85 bits per heavy atom. The highest BCUT2D eigenvalue weighted by atomic mass is 19.4. The second-order valence-electron chi connectivity index (χ2n) is 4.81. The molecule has 1 aliphatic heterocycles. The first kappa shape index (κ1) is 14.8. The highest BCUT2D eigenvalue weighted by molar-refractivity contribution is 5.85. The van der Waals surface area contributed by atoms with E-state index in [2.05, 4.69) is 11.8 Å². The fraction of sp³-hybridized carbons (Fsp3) is 0.500. The monoisotopic (exact) mass is 286 g/mol. The van der Waals surface area contributed by atoms with Gasteiger partial charge in [0.1, 0.15) is 0 Å². The zero-order chi connectivity index (χ0) is 14.8. The number of nitrogens with zero attached hydrogens (tertiary/aromatic N) is 2. The maximum absolute atomic E-state index is 12.6. The van der Waals surface area contributed by atoms with Crippen LogP contribution in [0.2, 0.25) is 0 Å². The number of hydrogen-bond acceptors (Lipinski definition) is 3. The Balaban J connectivity index is 2.22. The van der Waals surface area contributed by atoms with E-state index < -0.39 is 11.7 Å². The molecular weight excluding hydrogens is 269 g/mol. The zero-order valence-electron chi connectivity index (χ0n) is 11.3. The molecule has 3 nitrogen and oxygen atoms in total. The van der Waals surface area contributed by atoms with Gasteiger partial charge in [0.05, 0.1) is 5.56 Å². The lowest BCUT2D eigenvalue weighted by atomic mass is 10.1. The summed E-state index contributed by atoms with van der Waals surface area (Å²) in [6.07, 6.45) is -3.92. The summed E-state index contributed by atoms with van der Waals surface area (Å²) in [4.78, 5) is 15.3. The molecule has 0 aliphatic carbocycles. The van der Waals surface area contributed by atoms with Crippen LogP contribution in [-0.4, -0.2) is 43.9 Å². The molecule has 1 aliphatic rings. The highest BCUT2D eigenvalue weighted by Crippen LogP contribution is 2.32. The highest BCUT2D eigenvalue weighted by Gasteiger charge is 2.31. The van der Waals surface area contributed by atoms with E-state index in [9.17, 15) is 18.0 Å². The Morgan fingerprint density at radius 3 is 2.35 bits per heavy atom. The molecule has 0 radical (unpaired) electrons. The molecule has 0 saturated carbocycles.